The summed E-state index contributed by atoms with van der Waals surface area (Å²) >= 11 is 3.34. The van der Waals surface area contributed by atoms with E-state index in [1.807, 2.05) is 17.7 Å². The number of nitrogens with zero attached hydrogens (tertiary/aromatic N) is 2. The van der Waals surface area contributed by atoms with E-state index in [9.17, 15) is 9.59 Å². The number of hydrogen-bond acceptors (Lipinski definition) is 2. The number of carbonyl (C=O) groups is 2. The van der Waals surface area contributed by atoms with E-state index in [0.717, 1.165) is 11.0 Å². The van der Waals surface area contributed by atoms with Crippen molar-refractivity contribution in [3.63, 3.8) is 0 Å². The summed E-state index contributed by atoms with van der Waals surface area (Å²) in [6.45, 7) is 3.13. The fourth-order valence-corrected chi connectivity index (χ4v) is 2.14. The number of amides is 1. The molecule has 18 heavy (non-hydrogen) atoms. The Kier molecular flexibility index (Phi) is 5.40. The van der Waals surface area contributed by atoms with Gasteiger partial charge in [0.1, 0.15) is 5.69 Å². The summed E-state index contributed by atoms with van der Waals surface area (Å²) in [5, 5.41) is 8.55. The Hall–Kier alpha value is -1.30. The molecule has 5 nitrogen and oxygen atoms in total. The molecule has 0 unspecified atom stereocenters. The Morgan fingerprint density at radius 2 is 2.17 bits per heavy atom. The largest absolute Gasteiger partial charge is 0.481 e. The van der Waals surface area contributed by atoms with Crippen molar-refractivity contribution >= 4 is 27.8 Å². The molecule has 1 N–H and O–H groups in total. The van der Waals surface area contributed by atoms with Gasteiger partial charge < -0.3 is 14.6 Å². The second kappa shape index (κ2) is 6.58. The summed E-state index contributed by atoms with van der Waals surface area (Å²) in [6, 6.07) is 1.78. The highest BCUT2D eigenvalue weighted by Crippen LogP contribution is 2.16. The van der Waals surface area contributed by atoms with Crippen molar-refractivity contribution < 1.29 is 14.7 Å². The van der Waals surface area contributed by atoms with Crippen molar-refractivity contribution in [3.05, 3.63) is 22.4 Å². The summed E-state index contributed by atoms with van der Waals surface area (Å²) in [5.74, 6) is -0.927. The first-order chi connectivity index (χ1) is 8.45. The molecule has 1 aromatic rings. The van der Waals surface area contributed by atoms with Gasteiger partial charge in [-0.2, -0.15) is 0 Å². The van der Waals surface area contributed by atoms with E-state index in [1.54, 1.807) is 18.0 Å². The summed E-state index contributed by atoms with van der Waals surface area (Å²) in [5.41, 5.74) is 0.613. The van der Waals surface area contributed by atoms with Crippen molar-refractivity contribution in [1.29, 1.82) is 0 Å². The molecule has 0 fully saturated rings. The van der Waals surface area contributed by atoms with Gasteiger partial charge in [0, 0.05) is 37.2 Å². The molecule has 0 aliphatic carbocycles. The van der Waals surface area contributed by atoms with Crippen LogP contribution in [0, 0.1) is 0 Å². The normalized spacial score (nSPS) is 10.4. The molecular formula is C12H17BrN2O3. The molecule has 1 heterocycles. The van der Waals surface area contributed by atoms with Gasteiger partial charge in [-0.1, -0.05) is 0 Å². The molecule has 0 aliphatic rings. The third-order valence-electron chi connectivity index (χ3n) is 2.65. The SMILES string of the molecule is CCn1cc(Br)cc1C(=O)N(C)CCCC(=O)O. The maximum atomic E-state index is 12.2. The predicted octanol–water partition coefficient (Wildman–Crippen LogP) is 2.21. The van der Waals surface area contributed by atoms with Crippen LogP contribution in [-0.4, -0.2) is 40.0 Å². The van der Waals surface area contributed by atoms with Crippen LogP contribution in [0.25, 0.3) is 0 Å². The molecule has 0 bridgehead atoms. The minimum absolute atomic E-state index is 0.0795. The number of carboxylic acid groups (broad SMARTS) is 1. The molecule has 0 spiro atoms. The van der Waals surface area contributed by atoms with Crippen LogP contribution in [0.5, 0.6) is 0 Å². The first-order valence-electron chi connectivity index (χ1n) is 5.78. The van der Waals surface area contributed by atoms with Crippen LogP contribution in [-0.2, 0) is 11.3 Å². The summed E-state index contributed by atoms with van der Waals surface area (Å²) in [6.07, 6.45) is 2.40. The van der Waals surface area contributed by atoms with Crippen LogP contribution in [0.3, 0.4) is 0 Å². The van der Waals surface area contributed by atoms with Gasteiger partial charge in [-0.15, -0.1) is 0 Å². The number of aryl methyl sites for hydroxylation is 1. The average Bonchev–Trinajstić information content (AvgIpc) is 2.68. The number of aromatic nitrogens is 1. The molecule has 1 rings (SSSR count). The molecule has 1 aromatic heterocycles. The first-order valence-corrected chi connectivity index (χ1v) is 6.58. The number of rotatable bonds is 6. The van der Waals surface area contributed by atoms with Crippen LogP contribution >= 0.6 is 15.9 Å². The zero-order valence-electron chi connectivity index (χ0n) is 10.5. The quantitative estimate of drug-likeness (QED) is 0.875. The first kappa shape index (κ1) is 14.8. The Morgan fingerprint density at radius 3 is 2.72 bits per heavy atom. The highest BCUT2D eigenvalue weighted by molar-refractivity contribution is 9.10. The third-order valence-corrected chi connectivity index (χ3v) is 3.09. The van der Waals surface area contributed by atoms with E-state index < -0.39 is 5.97 Å². The standard InChI is InChI=1S/C12H17BrN2O3/c1-3-15-8-9(13)7-10(15)12(18)14(2)6-4-5-11(16)17/h7-8H,3-6H2,1-2H3,(H,16,17). The molecule has 0 aromatic carbocycles. The minimum Gasteiger partial charge on any atom is -0.481 e. The lowest BCUT2D eigenvalue weighted by molar-refractivity contribution is -0.137. The van der Waals surface area contributed by atoms with Gasteiger partial charge >= 0.3 is 5.97 Å². The number of carboxylic acids is 1. The van der Waals surface area contributed by atoms with Crippen LogP contribution in [0.1, 0.15) is 30.3 Å². The van der Waals surface area contributed by atoms with E-state index in [4.69, 9.17) is 5.11 Å². The lowest BCUT2D eigenvalue weighted by Gasteiger charge is -2.17. The second-order valence-electron chi connectivity index (χ2n) is 4.05. The fraction of sp³-hybridized carbons (Fsp3) is 0.500. The fourth-order valence-electron chi connectivity index (χ4n) is 1.68. The molecule has 6 heteroatoms. The number of hydrogen-bond donors (Lipinski definition) is 1. The van der Waals surface area contributed by atoms with Crippen LogP contribution < -0.4 is 0 Å². The average molecular weight is 317 g/mol. The molecule has 1 amide bonds. The van der Waals surface area contributed by atoms with Crippen LogP contribution in [0.2, 0.25) is 0 Å². The van der Waals surface area contributed by atoms with Gasteiger partial charge in [0.05, 0.1) is 0 Å². The second-order valence-corrected chi connectivity index (χ2v) is 4.97. The van der Waals surface area contributed by atoms with E-state index in [1.165, 1.54) is 0 Å². The van der Waals surface area contributed by atoms with Crippen LogP contribution in [0.15, 0.2) is 16.7 Å². The summed E-state index contributed by atoms with van der Waals surface area (Å²) < 4.78 is 2.73. The van der Waals surface area contributed by atoms with Crippen molar-refractivity contribution in [2.24, 2.45) is 0 Å². The highest BCUT2D eigenvalue weighted by Gasteiger charge is 2.16. The van der Waals surface area contributed by atoms with Crippen molar-refractivity contribution in [2.45, 2.75) is 26.3 Å². The highest BCUT2D eigenvalue weighted by atomic mass is 79.9. The number of halogens is 1. The molecule has 0 saturated heterocycles. The maximum absolute atomic E-state index is 12.2. The maximum Gasteiger partial charge on any atom is 0.303 e. The smallest absolute Gasteiger partial charge is 0.303 e. The zero-order chi connectivity index (χ0) is 13.7. The van der Waals surface area contributed by atoms with Gasteiger partial charge in [-0.05, 0) is 35.3 Å². The predicted molar refractivity (Wildman–Crippen MR) is 71.6 cm³/mol. The number of carbonyl (C=O) groups excluding carboxylic acids is 1. The van der Waals surface area contributed by atoms with Gasteiger partial charge in [0.2, 0.25) is 0 Å². The Labute approximate surface area is 115 Å². The molecule has 0 saturated carbocycles. The van der Waals surface area contributed by atoms with Gasteiger partial charge in [-0.3, -0.25) is 9.59 Å². The van der Waals surface area contributed by atoms with Crippen molar-refractivity contribution in [1.82, 2.24) is 9.47 Å². The number of aliphatic carboxylic acids is 1. The van der Waals surface area contributed by atoms with E-state index in [2.05, 4.69) is 15.9 Å². The van der Waals surface area contributed by atoms with Crippen LogP contribution in [0.4, 0.5) is 0 Å². The Morgan fingerprint density at radius 1 is 1.50 bits per heavy atom. The molecule has 0 radical (unpaired) electrons. The molecule has 100 valence electrons. The minimum atomic E-state index is -0.837. The lowest BCUT2D eigenvalue weighted by atomic mass is 10.3. The van der Waals surface area contributed by atoms with Crippen molar-refractivity contribution in [3.8, 4) is 0 Å². The lowest BCUT2D eigenvalue weighted by Crippen LogP contribution is -2.29. The van der Waals surface area contributed by atoms with Crippen molar-refractivity contribution in [2.75, 3.05) is 13.6 Å². The summed E-state index contributed by atoms with van der Waals surface area (Å²) in [7, 11) is 1.69. The van der Waals surface area contributed by atoms with Gasteiger partial charge in [0.25, 0.3) is 5.91 Å². The topological polar surface area (TPSA) is 62.5 Å². The molecular weight excluding hydrogens is 300 g/mol. The van der Waals surface area contributed by atoms with E-state index in [0.29, 0.717) is 18.7 Å². The Balaban J connectivity index is 2.65. The van der Waals surface area contributed by atoms with Gasteiger partial charge in [-0.25, -0.2) is 0 Å². The van der Waals surface area contributed by atoms with E-state index >= 15 is 0 Å². The molecule has 0 aliphatic heterocycles. The summed E-state index contributed by atoms with van der Waals surface area (Å²) in [4.78, 5) is 24.1. The monoisotopic (exact) mass is 316 g/mol. The zero-order valence-corrected chi connectivity index (χ0v) is 12.1. The molecule has 0 atom stereocenters. The van der Waals surface area contributed by atoms with E-state index in [-0.39, 0.29) is 12.3 Å². The Bertz CT molecular complexity index is 443. The van der Waals surface area contributed by atoms with Gasteiger partial charge in [0.15, 0.2) is 0 Å². The third kappa shape index (κ3) is 3.87.